The zero-order chi connectivity index (χ0) is 17.9. The number of benzene rings is 1. The van der Waals surface area contributed by atoms with E-state index in [4.69, 9.17) is 0 Å². The quantitative estimate of drug-likeness (QED) is 0.831. The van der Waals surface area contributed by atoms with Crippen molar-refractivity contribution in [1.29, 1.82) is 0 Å². The van der Waals surface area contributed by atoms with Crippen LogP contribution in [0, 0.1) is 5.41 Å². The first-order valence-corrected chi connectivity index (χ1v) is 8.66. The normalized spacial score (nSPS) is 19.3. The molecule has 1 heterocycles. The van der Waals surface area contributed by atoms with Crippen LogP contribution in [-0.4, -0.2) is 59.9 Å². The first-order valence-electron chi connectivity index (χ1n) is 8.66. The average molecular weight is 334 g/mol. The lowest BCUT2D eigenvalue weighted by atomic mass is 9.91. The van der Waals surface area contributed by atoms with Gasteiger partial charge in [-0.05, 0) is 45.4 Å². The molecular formula is C19H30N2O3. The molecule has 0 saturated carbocycles. The van der Waals surface area contributed by atoms with Crippen LogP contribution in [0.5, 0.6) is 0 Å². The highest BCUT2D eigenvalue weighted by Crippen LogP contribution is 2.31. The zero-order valence-electron chi connectivity index (χ0n) is 15.2. The van der Waals surface area contributed by atoms with Gasteiger partial charge in [0.25, 0.3) is 0 Å². The van der Waals surface area contributed by atoms with Crippen LogP contribution in [0.25, 0.3) is 0 Å². The van der Waals surface area contributed by atoms with E-state index in [9.17, 15) is 15.0 Å². The van der Waals surface area contributed by atoms with Crippen molar-refractivity contribution in [3.8, 4) is 0 Å². The number of aryl methyl sites for hydroxylation is 1. The number of aliphatic hydroxyl groups excluding tert-OH is 2. The van der Waals surface area contributed by atoms with Gasteiger partial charge in [0.15, 0.2) is 0 Å². The lowest BCUT2D eigenvalue weighted by Crippen LogP contribution is -2.53. The number of carbonyl (C=O) groups is 1. The van der Waals surface area contributed by atoms with Gasteiger partial charge in [-0.15, -0.1) is 0 Å². The third kappa shape index (κ3) is 3.79. The van der Waals surface area contributed by atoms with Crippen molar-refractivity contribution in [2.75, 3.05) is 31.7 Å². The van der Waals surface area contributed by atoms with Gasteiger partial charge in [0.05, 0.1) is 19.3 Å². The van der Waals surface area contributed by atoms with Crippen LogP contribution in [0.3, 0.4) is 0 Å². The van der Waals surface area contributed by atoms with Gasteiger partial charge in [0.2, 0.25) is 5.91 Å². The summed E-state index contributed by atoms with van der Waals surface area (Å²) in [6, 6.07) is 7.94. The number of para-hydroxylation sites is 1. The number of aliphatic hydroxyl groups is 2. The first-order chi connectivity index (χ1) is 11.3. The molecule has 5 nitrogen and oxygen atoms in total. The molecule has 0 saturated heterocycles. The van der Waals surface area contributed by atoms with Gasteiger partial charge in [-0.25, -0.2) is 0 Å². The van der Waals surface area contributed by atoms with Crippen molar-refractivity contribution in [1.82, 2.24) is 4.90 Å². The largest absolute Gasteiger partial charge is 0.396 e. The van der Waals surface area contributed by atoms with E-state index in [0.29, 0.717) is 6.54 Å². The van der Waals surface area contributed by atoms with Gasteiger partial charge in [-0.3, -0.25) is 9.69 Å². The maximum Gasteiger partial charge on any atom is 0.244 e. The second kappa shape index (κ2) is 7.64. The fourth-order valence-corrected chi connectivity index (χ4v) is 3.30. The molecule has 2 rings (SSSR count). The Morgan fingerprint density at radius 1 is 1.38 bits per heavy atom. The molecule has 1 aromatic carbocycles. The van der Waals surface area contributed by atoms with Gasteiger partial charge in [0.1, 0.15) is 0 Å². The Kier molecular flexibility index (Phi) is 6.01. The van der Waals surface area contributed by atoms with Gasteiger partial charge in [0, 0.05) is 23.7 Å². The molecular weight excluding hydrogens is 304 g/mol. The Morgan fingerprint density at radius 2 is 2.00 bits per heavy atom. The van der Waals surface area contributed by atoms with E-state index < -0.39 is 5.41 Å². The molecule has 0 aromatic heterocycles. The second-order valence-corrected chi connectivity index (χ2v) is 7.44. The van der Waals surface area contributed by atoms with Gasteiger partial charge >= 0.3 is 0 Å². The number of hydrogen-bond donors (Lipinski definition) is 2. The molecule has 0 radical (unpaired) electrons. The highest BCUT2D eigenvalue weighted by atomic mass is 16.3. The second-order valence-electron chi connectivity index (χ2n) is 7.44. The number of rotatable bonds is 6. The van der Waals surface area contributed by atoms with Crippen molar-refractivity contribution < 1.29 is 15.0 Å². The van der Waals surface area contributed by atoms with Crippen molar-refractivity contribution in [3.05, 3.63) is 29.8 Å². The third-order valence-corrected chi connectivity index (χ3v) is 5.17. The average Bonchev–Trinajstić information content (AvgIpc) is 2.60. The molecule has 24 heavy (non-hydrogen) atoms. The van der Waals surface area contributed by atoms with Crippen LogP contribution >= 0.6 is 0 Å². The summed E-state index contributed by atoms with van der Waals surface area (Å²) in [6.07, 6.45) is 1.96. The number of fused-ring (bicyclic) bond motifs is 1. The Labute approximate surface area is 144 Å². The summed E-state index contributed by atoms with van der Waals surface area (Å²) < 4.78 is 0. The van der Waals surface area contributed by atoms with Crippen LogP contribution in [0.2, 0.25) is 0 Å². The first kappa shape index (κ1) is 18.9. The molecule has 0 aliphatic carbocycles. The van der Waals surface area contributed by atoms with E-state index >= 15 is 0 Å². The van der Waals surface area contributed by atoms with E-state index in [2.05, 4.69) is 13.0 Å². The van der Waals surface area contributed by atoms with E-state index in [0.717, 1.165) is 18.5 Å². The number of anilines is 1. The summed E-state index contributed by atoms with van der Waals surface area (Å²) in [7, 11) is 1.87. The Bertz CT molecular complexity index is 571. The minimum atomic E-state index is -0.616. The number of carbonyl (C=O) groups excluding carboxylic acids is 1. The number of nitrogens with zero attached hydrogens (tertiary/aromatic N) is 2. The van der Waals surface area contributed by atoms with Crippen molar-refractivity contribution in [2.24, 2.45) is 5.41 Å². The predicted octanol–water partition coefficient (Wildman–Crippen LogP) is 1.67. The highest BCUT2D eigenvalue weighted by molar-refractivity contribution is 5.98. The van der Waals surface area contributed by atoms with Crippen LogP contribution in [-0.2, 0) is 11.2 Å². The molecule has 2 unspecified atom stereocenters. The molecule has 0 spiro atoms. The maximum absolute atomic E-state index is 13.1. The lowest BCUT2D eigenvalue weighted by molar-refractivity contribution is -0.124. The zero-order valence-corrected chi connectivity index (χ0v) is 15.2. The summed E-state index contributed by atoms with van der Waals surface area (Å²) in [4.78, 5) is 17.0. The number of amides is 1. The standard InChI is InChI=1S/C19H30N2O3/c1-14-9-10-16-7-5-6-8-17(16)21(14)18(24)15(2)20(4)11-19(3,12-22)13-23/h5-8,14-15,22-23H,9-13H2,1-4H3. The van der Waals surface area contributed by atoms with Gasteiger partial charge in [-0.2, -0.15) is 0 Å². The van der Waals surface area contributed by atoms with Crippen molar-refractivity contribution in [2.45, 2.75) is 45.7 Å². The van der Waals surface area contributed by atoms with Crippen LogP contribution in [0.15, 0.2) is 24.3 Å². The third-order valence-electron chi connectivity index (χ3n) is 5.17. The lowest BCUT2D eigenvalue weighted by Gasteiger charge is -2.40. The highest BCUT2D eigenvalue weighted by Gasteiger charge is 2.34. The Hall–Kier alpha value is -1.43. The molecule has 0 fully saturated rings. The van der Waals surface area contributed by atoms with E-state index in [1.54, 1.807) is 0 Å². The number of hydrogen-bond acceptors (Lipinski definition) is 4. The molecule has 2 N–H and O–H groups in total. The minimum absolute atomic E-state index is 0.0652. The predicted molar refractivity (Wildman–Crippen MR) is 96.1 cm³/mol. The molecule has 1 amide bonds. The summed E-state index contributed by atoms with van der Waals surface area (Å²) in [5.74, 6) is 0.0652. The van der Waals surface area contributed by atoms with Crippen molar-refractivity contribution in [3.63, 3.8) is 0 Å². The topological polar surface area (TPSA) is 64.0 Å². The minimum Gasteiger partial charge on any atom is -0.396 e. The summed E-state index contributed by atoms with van der Waals surface area (Å²) >= 11 is 0. The molecule has 2 atom stereocenters. The van der Waals surface area contributed by atoms with E-state index in [1.807, 2.05) is 48.9 Å². The van der Waals surface area contributed by atoms with E-state index in [-0.39, 0.29) is 31.2 Å². The molecule has 1 aliphatic heterocycles. The smallest absolute Gasteiger partial charge is 0.244 e. The molecule has 5 heteroatoms. The SMILES string of the molecule is CC(C(=O)N1c2ccccc2CCC1C)N(C)CC(C)(CO)CO. The van der Waals surface area contributed by atoms with Crippen LogP contribution in [0.1, 0.15) is 32.8 Å². The van der Waals surface area contributed by atoms with Crippen LogP contribution < -0.4 is 4.90 Å². The maximum atomic E-state index is 13.1. The monoisotopic (exact) mass is 334 g/mol. The van der Waals surface area contributed by atoms with Gasteiger partial charge in [-0.1, -0.05) is 25.1 Å². The van der Waals surface area contributed by atoms with Crippen LogP contribution in [0.4, 0.5) is 5.69 Å². The molecule has 0 bridgehead atoms. The number of likely N-dealkylation sites (N-methyl/N-ethyl adjacent to an activating group) is 1. The van der Waals surface area contributed by atoms with Crippen molar-refractivity contribution >= 4 is 11.6 Å². The summed E-state index contributed by atoms with van der Waals surface area (Å²) in [6.45, 7) is 6.03. The molecule has 1 aromatic rings. The fraction of sp³-hybridized carbons (Fsp3) is 0.632. The fourth-order valence-electron chi connectivity index (χ4n) is 3.30. The Morgan fingerprint density at radius 3 is 2.62 bits per heavy atom. The van der Waals surface area contributed by atoms with E-state index in [1.165, 1.54) is 5.56 Å². The summed E-state index contributed by atoms with van der Waals surface area (Å²) in [5, 5.41) is 19.0. The van der Waals surface area contributed by atoms with Gasteiger partial charge < -0.3 is 15.1 Å². The summed E-state index contributed by atoms with van der Waals surface area (Å²) in [5.41, 5.74) is 1.61. The molecule has 1 aliphatic rings. The Balaban J connectivity index is 2.18. The molecule has 134 valence electrons.